The quantitative estimate of drug-likeness (QED) is 0.793. The highest BCUT2D eigenvalue weighted by atomic mass is 127. The molecule has 0 spiro atoms. The van der Waals surface area contributed by atoms with Gasteiger partial charge in [-0.3, -0.25) is 4.99 Å². The highest BCUT2D eigenvalue weighted by Gasteiger charge is 2.15. The highest BCUT2D eigenvalue weighted by molar-refractivity contribution is 14.0. The molecule has 0 amide bonds. The zero-order valence-electron chi connectivity index (χ0n) is 9.51. The van der Waals surface area contributed by atoms with Crippen molar-refractivity contribution in [3.63, 3.8) is 0 Å². The van der Waals surface area contributed by atoms with E-state index in [1.165, 1.54) is 15.8 Å². The molecule has 3 nitrogen and oxygen atoms in total. The molecule has 1 aliphatic rings. The molecule has 1 aliphatic heterocycles. The molecule has 0 radical (unpaired) electrons. The first-order valence-electron chi connectivity index (χ1n) is 5.34. The van der Waals surface area contributed by atoms with Crippen LogP contribution in [0.2, 0.25) is 0 Å². The van der Waals surface area contributed by atoms with Crippen molar-refractivity contribution in [2.45, 2.75) is 4.90 Å². The first-order valence-corrected chi connectivity index (χ1v) is 6.16. The van der Waals surface area contributed by atoms with Gasteiger partial charge in [0.1, 0.15) is 0 Å². The third-order valence-corrected chi connectivity index (χ3v) is 3.94. The molecule has 3 rings (SSSR count). The predicted molar refractivity (Wildman–Crippen MR) is 84.5 cm³/mol. The van der Waals surface area contributed by atoms with Crippen molar-refractivity contribution in [2.75, 3.05) is 20.1 Å². The highest BCUT2D eigenvalue weighted by Crippen LogP contribution is 2.30. The summed E-state index contributed by atoms with van der Waals surface area (Å²) in [6, 6.07) is 8.36. The summed E-state index contributed by atoms with van der Waals surface area (Å²) in [7, 11) is 2.09. The number of aromatic nitrogens is 1. The van der Waals surface area contributed by atoms with Crippen LogP contribution in [-0.2, 0) is 0 Å². The molecule has 0 saturated heterocycles. The molecule has 1 N–H and O–H groups in total. The van der Waals surface area contributed by atoms with E-state index in [0.29, 0.717) is 0 Å². The van der Waals surface area contributed by atoms with E-state index in [-0.39, 0.29) is 24.0 Å². The van der Waals surface area contributed by atoms with Crippen molar-refractivity contribution >= 4 is 51.8 Å². The number of hydrogen-bond acceptors (Lipinski definition) is 3. The Balaban J connectivity index is 0.00000108. The number of H-pyrrole nitrogens is 1. The third-order valence-electron chi connectivity index (χ3n) is 2.76. The molecule has 0 bridgehead atoms. The Morgan fingerprint density at radius 1 is 1.35 bits per heavy atom. The smallest absolute Gasteiger partial charge is 0.164 e. The Morgan fingerprint density at radius 3 is 2.94 bits per heavy atom. The van der Waals surface area contributed by atoms with Crippen LogP contribution in [0.3, 0.4) is 0 Å². The number of nitrogens with zero attached hydrogens (tertiary/aromatic N) is 2. The molecule has 2 aromatic rings. The van der Waals surface area contributed by atoms with E-state index in [1.807, 2.05) is 6.07 Å². The zero-order valence-corrected chi connectivity index (χ0v) is 12.7. The molecule has 1 aromatic carbocycles. The van der Waals surface area contributed by atoms with E-state index < -0.39 is 0 Å². The minimum atomic E-state index is 0. The van der Waals surface area contributed by atoms with Crippen LogP contribution in [-0.4, -0.2) is 35.2 Å². The van der Waals surface area contributed by atoms with Gasteiger partial charge >= 0.3 is 0 Å². The molecule has 0 atom stereocenters. The molecule has 17 heavy (non-hydrogen) atoms. The SMILES string of the molecule is CN1CCN=C1Sc1c[nH]c2ccccc12.I. The van der Waals surface area contributed by atoms with Gasteiger partial charge in [-0.1, -0.05) is 30.0 Å². The summed E-state index contributed by atoms with van der Waals surface area (Å²) in [4.78, 5) is 11.2. The first-order chi connectivity index (χ1) is 7.84. The van der Waals surface area contributed by atoms with E-state index in [2.05, 4.69) is 46.3 Å². The number of hydrogen-bond donors (Lipinski definition) is 1. The van der Waals surface area contributed by atoms with Gasteiger partial charge < -0.3 is 9.88 Å². The Hall–Kier alpha value is -0.690. The van der Waals surface area contributed by atoms with Crippen molar-refractivity contribution in [2.24, 2.45) is 4.99 Å². The number of para-hydroxylation sites is 1. The first kappa shape index (κ1) is 12.8. The Morgan fingerprint density at radius 2 is 2.18 bits per heavy atom. The monoisotopic (exact) mass is 359 g/mol. The van der Waals surface area contributed by atoms with Gasteiger partial charge in [0, 0.05) is 35.6 Å². The van der Waals surface area contributed by atoms with E-state index in [0.717, 1.165) is 18.3 Å². The number of thioether (sulfide) groups is 1. The number of amidine groups is 1. The molecule has 0 fully saturated rings. The van der Waals surface area contributed by atoms with E-state index in [9.17, 15) is 0 Å². The summed E-state index contributed by atoms with van der Waals surface area (Å²) in [5, 5.41) is 2.39. The maximum atomic E-state index is 4.49. The molecule has 1 aromatic heterocycles. The second-order valence-corrected chi connectivity index (χ2v) is 4.90. The number of aliphatic imine (C=N–C) groups is 1. The van der Waals surface area contributed by atoms with Crippen molar-refractivity contribution in [3.8, 4) is 0 Å². The summed E-state index contributed by atoms with van der Waals surface area (Å²) < 4.78 is 0. The Labute approximate surface area is 122 Å². The fourth-order valence-corrected chi connectivity index (χ4v) is 2.86. The predicted octanol–water partition coefficient (Wildman–Crippen LogP) is 3.18. The molecule has 0 unspecified atom stereocenters. The summed E-state index contributed by atoms with van der Waals surface area (Å²) in [5.74, 6) is 0. The number of halogens is 1. The molecule has 2 heterocycles. The molecular formula is C12H14IN3S. The van der Waals surface area contributed by atoms with Gasteiger partial charge in [-0.15, -0.1) is 24.0 Å². The number of nitrogens with one attached hydrogen (secondary N) is 1. The van der Waals surface area contributed by atoms with Gasteiger partial charge in [-0.25, -0.2) is 0 Å². The molecular weight excluding hydrogens is 345 g/mol. The molecule has 0 saturated carbocycles. The average molecular weight is 359 g/mol. The molecule has 90 valence electrons. The van der Waals surface area contributed by atoms with Gasteiger partial charge in [0.15, 0.2) is 5.17 Å². The minimum Gasteiger partial charge on any atom is -0.360 e. The average Bonchev–Trinajstić information content (AvgIpc) is 2.88. The van der Waals surface area contributed by atoms with Gasteiger partial charge in [-0.2, -0.15) is 0 Å². The van der Waals surface area contributed by atoms with Gasteiger partial charge in [-0.05, 0) is 6.07 Å². The van der Waals surface area contributed by atoms with E-state index in [1.54, 1.807) is 11.8 Å². The minimum absolute atomic E-state index is 0. The lowest BCUT2D eigenvalue weighted by Crippen LogP contribution is -2.19. The van der Waals surface area contributed by atoms with Gasteiger partial charge in [0.2, 0.25) is 0 Å². The lowest BCUT2D eigenvalue weighted by Gasteiger charge is -2.11. The van der Waals surface area contributed by atoms with Crippen molar-refractivity contribution in [1.82, 2.24) is 9.88 Å². The maximum absolute atomic E-state index is 4.49. The normalized spacial score (nSPS) is 14.9. The van der Waals surface area contributed by atoms with E-state index in [4.69, 9.17) is 0 Å². The van der Waals surface area contributed by atoms with Crippen LogP contribution in [0, 0.1) is 0 Å². The van der Waals surface area contributed by atoms with Crippen LogP contribution in [0.15, 0.2) is 40.4 Å². The Bertz CT molecular complexity index is 549. The van der Waals surface area contributed by atoms with Crippen molar-refractivity contribution in [1.29, 1.82) is 0 Å². The maximum Gasteiger partial charge on any atom is 0.164 e. The summed E-state index contributed by atoms with van der Waals surface area (Å²) in [6.07, 6.45) is 2.06. The summed E-state index contributed by atoms with van der Waals surface area (Å²) >= 11 is 1.74. The topological polar surface area (TPSA) is 31.4 Å². The number of rotatable bonds is 1. The fourth-order valence-electron chi connectivity index (χ4n) is 1.85. The number of likely N-dealkylation sites (N-methyl/N-ethyl adjacent to an activating group) is 1. The van der Waals surface area contributed by atoms with Gasteiger partial charge in [0.25, 0.3) is 0 Å². The number of fused-ring (bicyclic) bond motifs is 1. The fraction of sp³-hybridized carbons (Fsp3) is 0.250. The summed E-state index contributed by atoms with van der Waals surface area (Å²) in [6.45, 7) is 1.95. The zero-order chi connectivity index (χ0) is 11.0. The summed E-state index contributed by atoms with van der Waals surface area (Å²) in [5.41, 5.74) is 1.19. The lowest BCUT2D eigenvalue weighted by atomic mass is 10.2. The van der Waals surface area contributed by atoms with Crippen molar-refractivity contribution < 1.29 is 0 Å². The third kappa shape index (κ3) is 2.44. The van der Waals surface area contributed by atoms with Crippen LogP contribution in [0.1, 0.15) is 0 Å². The van der Waals surface area contributed by atoms with Crippen LogP contribution >= 0.6 is 35.7 Å². The molecule has 0 aliphatic carbocycles. The standard InChI is InChI=1S/C12H13N3S.HI/c1-15-7-6-13-12(15)16-11-8-14-10-5-3-2-4-9(10)11;/h2-5,8,14H,6-7H2,1H3;1H. The van der Waals surface area contributed by atoms with Crippen LogP contribution in [0.4, 0.5) is 0 Å². The van der Waals surface area contributed by atoms with Crippen molar-refractivity contribution in [3.05, 3.63) is 30.5 Å². The number of aromatic amines is 1. The van der Waals surface area contributed by atoms with Crippen LogP contribution in [0.5, 0.6) is 0 Å². The Kier molecular flexibility index (Phi) is 3.98. The van der Waals surface area contributed by atoms with E-state index >= 15 is 0 Å². The molecule has 5 heteroatoms. The van der Waals surface area contributed by atoms with Gasteiger partial charge in [0.05, 0.1) is 6.54 Å². The second kappa shape index (κ2) is 5.30. The largest absolute Gasteiger partial charge is 0.360 e. The van der Waals surface area contributed by atoms with Crippen LogP contribution in [0.25, 0.3) is 10.9 Å². The van der Waals surface area contributed by atoms with Crippen LogP contribution < -0.4 is 0 Å². The lowest BCUT2D eigenvalue weighted by molar-refractivity contribution is 0.564. The second-order valence-electron chi connectivity index (χ2n) is 3.89. The number of benzene rings is 1.